The van der Waals surface area contributed by atoms with Crippen molar-refractivity contribution in [2.75, 3.05) is 18.0 Å². The Morgan fingerprint density at radius 3 is 2.38 bits per heavy atom. The summed E-state index contributed by atoms with van der Waals surface area (Å²) in [4.78, 5) is 26.8. The molecule has 2 rings (SSSR count). The second kappa shape index (κ2) is 8.11. The van der Waals surface area contributed by atoms with Crippen molar-refractivity contribution in [1.82, 2.24) is 5.32 Å². The fourth-order valence-corrected chi connectivity index (χ4v) is 3.67. The predicted molar refractivity (Wildman–Crippen MR) is 99.7 cm³/mol. The van der Waals surface area contributed by atoms with Gasteiger partial charge < -0.3 is 10.2 Å². The summed E-state index contributed by atoms with van der Waals surface area (Å²) in [6.07, 6.45) is 0.389. The third-order valence-corrected chi connectivity index (χ3v) is 4.73. The first-order valence-electron chi connectivity index (χ1n) is 8.03. The number of hydrogen-bond donors (Lipinski definition) is 1. The third kappa shape index (κ3) is 4.68. The van der Waals surface area contributed by atoms with Crippen LogP contribution < -0.4 is 10.2 Å². The Bertz CT molecular complexity index is 700. The molecule has 0 bridgehead atoms. The van der Waals surface area contributed by atoms with Gasteiger partial charge in [0.15, 0.2) is 0 Å². The average molecular weight is 344 g/mol. The minimum atomic E-state index is -0.0161. The SMILES string of the molecule is CC(=O)N(CCNC(=O)Cc1cccs1)c1c(C)cc(C)cc1C. The smallest absolute Gasteiger partial charge is 0.225 e. The molecule has 1 heterocycles. The van der Waals surface area contributed by atoms with Crippen LogP contribution in [0.1, 0.15) is 28.5 Å². The molecule has 0 atom stereocenters. The van der Waals surface area contributed by atoms with Crippen LogP contribution in [0.5, 0.6) is 0 Å². The van der Waals surface area contributed by atoms with Crippen LogP contribution in [0, 0.1) is 20.8 Å². The van der Waals surface area contributed by atoms with E-state index in [0.717, 1.165) is 21.7 Å². The van der Waals surface area contributed by atoms with E-state index in [4.69, 9.17) is 0 Å². The molecule has 0 aliphatic heterocycles. The van der Waals surface area contributed by atoms with E-state index in [2.05, 4.69) is 17.4 Å². The molecule has 0 saturated heterocycles. The van der Waals surface area contributed by atoms with Gasteiger partial charge in [-0.3, -0.25) is 9.59 Å². The summed E-state index contributed by atoms with van der Waals surface area (Å²) in [5.74, 6) is -0.0316. The molecular weight excluding hydrogens is 320 g/mol. The second-order valence-electron chi connectivity index (χ2n) is 6.02. The van der Waals surface area contributed by atoms with Crippen molar-refractivity contribution in [1.29, 1.82) is 0 Å². The van der Waals surface area contributed by atoms with Crippen LogP contribution in [0.2, 0.25) is 0 Å². The fraction of sp³-hybridized carbons (Fsp3) is 0.368. The number of rotatable bonds is 6. The number of thiophene rings is 1. The molecule has 0 radical (unpaired) electrons. The van der Waals surface area contributed by atoms with Gasteiger partial charge in [-0.2, -0.15) is 0 Å². The van der Waals surface area contributed by atoms with Crippen LogP contribution in [0.25, 0.3) is 0 Å². The summed E-state index contributed by atoms with van der Waals surface area (Å²) in [5.41, 5.74) is 4.28. The molecule has 2 aromatic rings. The lowest BCUT2D eigenvalue weighted by Gasteiger charge is -2.25. The number of carbonyl (C=O) groups excluding carboxylic acids is 2. The molecule has 24 heavy (non-hydrogen) atoms. The highest BCUT2D eigenvalue weighted by molar-refractivity contribution is 7.10. The summed E-state index contributed by atoms with van der Waals surface area (Å²) >= 11 is 1.57. The highest BCUT2D eigenvalue weighted by Crippen LogP contribution is 2.26. The van der Waals surface area contributed by atoms with Gasteiger partial charge in [0.1, 0.15) is 0 Å². The number of anilines is 1. The summed E-state index contributed by atoms with van der Waals surface area (Å²) in [6, 6.07) is 8.04. The maximum Gasteiger partial charge on any atom is 0.225 e. The number of aryl methyl sites for hydroxylation is 3. The van der Waals surface area contributed by atoms with Crippen LogP contribution in [0.4, 0.5) is 5.69 Å². The Labute approximate surface area is 147 Å². The largest absolute Gasteiger partial charge is 0.354 e. The van der Waals surface area contributed by atoms with Gasteiger partial charge >= 0.3 is 0 Å². The number of hydrogen-bond acceptors (Lipinski definition) is 3. The normalized spacial score (nSPS) is 10.5. The molecule has 2 amide bonds. The Morgan fingerprint density at radius 1 is 1.17 bits per heavy atom. The molecule has 0 spiro atoms. The van der Waals surface area contributed by atoms with Gasteiger partial charge in [-0.25, -0.2) is 0 Å². The van der Waals surface area contributed by atoms with Crippen LogP contribution >= 0.6 is 11.3 Å². The molecule has 0 aliphatic rings. The summed E-state index contributed by atoms with van der Waals surface area (Å²) in [6.45, 7) is 8.55. The van der Waals surface area contributed by atoms with E-state index in [1.165, 1.54) is 5.56 Å². The van der Waals surface area contributed by atoms with E-state index in [1.807, 2.05) is 38.3 Å². The summed E-state index contributed by atoms with van der Waals surface area (Å²) in [7, 11) is 0. The van der Waals surface area contributed by atoms with Crippen molar-refractivity contribution < 1.29 is 9.59 Å². The van der Waals surface area contributed by atoms with E-state index < -0.39 is 0 Å². The molecule has 0 aliphatic carbocycles. The number of nitrogens with one attached hydrogen (secondary N) is 1. The van der Waals surface area contributed by atoms with Crippen LogP contribution in [-0.4, -0.2) is 24.9 Å². The topological polar surface area (TPSA) is 49.4 Å². The van der Waals surface area contributed by atoms with Gasteiger partial charge in [-0.1, -0.05) is 23.8 Å². The monoisotopic (exact) mass is 344 g/mol. The van der Waals surface area contributed by atoms with Crippen LogP contribution in [0.15, 0.2) is 29.6 Å². The van der Waals surface area contributed by atoms with Gasteiger partial charge in [0.05, 0.1) is 6.42 Å². The van der Waals surface area contributed by atoms with Crippen LogP contribution in [-0.2, 0) is 16.0 Å². The molecule has 1 aromatic heterocycles. The van der Waals surface area contributed by atoms with Gasteiger partial charge in [0.25, 0.3) is 0 Å². The molecule has 128 valence electrons. The Morgan fingerprint density at radius 2 is 1.83 bits per heavy atom. The summed E-state index contributed by atoms with van der Waals surface area (Å²) in [5, 5.41) is 4.86. The lowest BCUT2D eigenvalue weighted by molar-refractivity contribution is -0.120. The zero-order chi connectivity index (χ0) is 17.7. The molecule has 5 heteroatoms. The second-order valence-corrected chi connectivity index (χ2v) is 7.06. The first-order chi connectivity index (χ1) is 11.4. The third-order valence-electron chi connectivity index (χ3n) is 3.86. The average Bonchev–Trinajstić information content (AvgIpc) is 2.97. The quantitative estimate of drug-likeness (QED) is 0.873. The lowest BCUT2D eigenvalue weighted by Crippen LogP contribution is -2.38. The number of amides is 2. The number of nitrogens with zero attached hydrogens (tertiary/aromatic N) is 1. The molecule has 0 fully saturated rings. The highest BCUT2D eigenvalue weighted by atomic mass is 32.1. The number of carbonyl (C=O) groups is 2. The van der Waals surface area contributed by atoms with Crippen molar-refractivity contribution in [3.05, 3.63) is 51.2 Å². The number of benzene rings is 1. The zero-order valence-electron chi connectivity index (χ0n) is 14.7. The molecule has 1 N–H and O–H groups in total. The maximum atomic E-state index is 12.1. The van der Waals surface area contributed by atoms with Crippen molar-refractivity contribution in [2.45, 2.75) is 34.1 Å². The Kier molecular flexibility index (Phi) is 6.15. The van der Waals surface area contributed by atoms with Crippen LogP contribution in [0.3, 0.4) is 0 Å². The maximum absolute atomic E-state index is 12.1. The molecule has 1 aromatic carbocycles. The van der Waals surface area contributed by atoms with Gasteiger partial charge in [0, 0.05) is 30.6 Å². The molecular formula is C19H24N2O2S. The Hall–Kier alpha value is -2.14. The fourth-order valence-electron chi connectivity index (χ4n) is 2.97. The van der Waals surface area contributed by atoms with Crippen molar-refractivity contribution in [3.8, 4) is 0 Å². The molecule has 4 nitrogen and oxygen atoms in total. The molecule has 0 unspecified atom stereocenters. The van der Waals surface area contributed by atoms with E-state index in [1.54, 1.807) is 23.2 Å². The standard InChI is InChI=1S/C19H24N2O2S/c1-13-10-14(2)19(15(3)11-13)21(16(4)22)8-7-20-18(23)12-17-6-5-9-24-17/h5-6,9-11H,7-8,12H2,1-4H3,(H,20,23). The summed E-state index contributed by atoms with van der Waals surface area (Å²) < 4.78 is 0. The van der Waals surface area contributed by atoms with E-state index in [-0.39, 0.29) is 11.8 Å². The van der Waals surface area contributed by atoms with E-state index in [9.17, 15) is 9.59 Å². The predicted octanol–water partition coefficient (Wildman–Crippen LogP) is 3.39. The zero-order valence-corrected chi connectivity index (χ0v) is 15.5. The van der Waals surface area contributed by atoms with Crippen molar-refractivity contribution in [2.24, 2.45) is 0 Å². The van der Waals surface area contributed by atoms with E-state index >= 15 is 0 Å². The van der Waals surface area contributed by atoms with Gasteiger partial charge in [-0.15, -0.1) is 11.3 Å². The minimum absolute atomic E-state index is 0.0155. The van der Waals surface area contributed by atoms with E-state index in [0.29, 0.717) is 19.5 Å². The van der Waals surface area contributed by atoms with Gasteiger partial charge in [-0.05, 0) is 43.3 Å². The lowest BCUT2D eigenvalue weighted by atomic mass is 10.0. The first kappa shape index (κ1) is 18.2. The minimum Gasteiger partial charge on any atom is -0.354 e. The Balaban J connectivity index is 2.00. The van der Waals surface area contributed by atoms with Gasteiger partial charge in [0.2, 0.25) is 11.8 Å². The van der Waals surface area contributed by atoms with Crippen molar-refractivity contribution >= 4 is 28.8 Å². The first-order valence-corrected chi connectivity index (χ1v) is 8.91. The van der Waals surface area contributed by atoms with Crippen molar-refractivity contribution in [3.63, 3.8) is 0 Å². The molecule has 0 saturated carbocycles. The highest BCUT2D eigenvalue weighted by Gasteiger charge is 2.16.